The average molecular weight is 449 g/mol. The highest BCUT2D eigenvalue weighted by Gasteiger charge is 2.67. The van der Waals surface area contributed by atoms with Gasteiger partial charge in [0.25, 0.3) is 0 Å². The van der Waals surface area contributed by atoms with Crippen LogP contribution in [-0.2, 0) is 14.3 Å². The Kier molecular flexibility index (Phi) is 6.55. The van der Waals surface area contributed by atoms with E-state index in [1.807, 2.05) is 0 Å². The molecule has 0 radical (unpaired) electrons. The first-order valence-corrected chi connectivity index (χ1v) is 13.4. The van der Waals surface area contributed by atoms with Crippen LogP contribution in [-0.4, -0.2) is 31.1 Å². The first-order chi connectivity index (χ1) is 15.1. The van der Waals surface area contributed by atoms with Crippen LogP contribution in [0.25, 0.3) is 0 Å². The van der Waals surface area contributed by atoms with Gasteiger partial charge >= 0.3 is 5.97 Å². The van der Waals surface area contributed by atoms with Gasteiger partial charge in [-0.1, -0.05) is 34.1 Å². The van der Waals surface area contributed by atoms with Gasteiger partial charge in [-0.15, -0.1) is 0 Å². The smallest absolute Gasteiger partial charge is 0.305 e. The number of aliphatic hydroxyl groups is 1. The summed E-state index contributed by atoms with van der Waals surface area (Å²) in [6.07, 6.45) is 13.2. The van der Waals surface area contributed by atoms with Gasteiger partial charge in [0.15, 0.2) is 5.79 Å². The third-order valence-corrected chi connectivity index (χ3v) is 11.9. The monoisotopic (exact) mass is 448 g/mol. The van der Waals surface area contributed by atoms with Crippen LogP contribution in [0.2, 0.25) is 0 Å². The second-order valence-corrected chi connectivity index (χ2v) is 12.7. The highest BCUT2D eigenvalue weighted by Crippen LogP contribution is 2.73. The Morgan fingerprint density at radius 3 is 2.38 bits per heavy atom. The molecule has 1 N–H and O–H groups in total. The minimum absolute atomic E-state index is 0.0630. The van der Waals surface area contributed by atoms with Crippen LogP contribution in [0, 0.1) is 45.8 Å². The van der Waals surface area contributed by atoms with Crippen LogP contribution in [0.15, 0.2) is 0 Å². The highest BCUT2D eigenvalue weighted by molar-refractivity contribution is 5.68. The van der Waals surface area contributed by atoms with Crippen LogP contribution in [0.1, 0.15) is 105 Å². The normalized spacial score (nSPS) is 50.3. The number of hydrogen-bond acceptors (Lipinski definition) is 4. The molecule has 4 saturated carbocycles. The van der Waals surface area contributed by atoms with E-state index in [4.69, 9.17) is 9.47 Å². The molecule has 0 heterocycles. The maximum atomic E-state index is 11.6. The summed E-state index contributed by atoms with van der Waals surface area (Å²) in [4.78, 5) is 11.6. The fourth-order valence-electron chi connectivity index (χ4n) is 9.79. The first kappa shape index (κ1) is 24.5. The van der Waals surface area contributed by atoms with Crippen molar-refractivity contribution in [1.82, 2.24) is 0 Å². The molecule has 32 heavy (non-hydrogen) atoms. The quantitative estimate of drug-likeness (QED) is 0.380. The summed E-state index contributed by atoms with van der Waals surface area (Å²) in [7, 11) is 3.18. The molecule has 4 aliphatic carbocycles. The fraction of sp³-hybridized carbons (Fsp3) is 0.964. The van der Waals surface area contributed by atoms with E-state index in [-0.39, 0.29) is 16.8 Å². The van der Waals surface area contributed by atoms with Crippen molar-refractivity contribution >= 4 is 5.97 Å². The molecule has 0 amide bonds. The highest BCUT2D eigenvalue weighted by atomic mass is 16.6. The number of carbonyl (C=O) groups excluding carboxylic acids is 1. The largest absolute Gasteiger partial charge is 0.469 e. The Labute approximate surface area is 196 Å². The molecular formula is C28H48O4. The summed E-state index contributed by atoms with van der Waals surface area (Å²) in [6.45, 7) is 10.0. The van der Waals surface area contributed by atoms with Crippen molar-refractivity contribution < 1.29 is 19.4 Å². The average Bonchev–Trinajstić information content (AvgIpc) is 3.10. The molecule has 4 rings (SSSR count). The Bertz CT molecular complexity index is 708. The van der Waals surface area contributed by atoms with Gasteiger partial charge in [0.05, 0.1) is 7.11 Å². The molecule has 0 saturated heterocycles. The van der Waals surface area contributed by atoms with Gasteiger partial charge in [-0.3, -0.25) is 4.79 Å². The summed E-state index contributed by atoms with van der Waals surface area (Å²) in [6, 6.07) is 0. The minimum atomic E-state index is -0.949. The maximum Gasteiger partial charge on any atom is 0.305 e. The Hall–Kier alpha value is -0.610. The lowest BCUT2D eigenvalue weighted by Crippen LogP contribution is -2.63. The number of hydrogen-bond donors (Lipinski definition) is 1. The molecule has 0 aromatic heterocycles. The number of fused-ring (bicyclic) bond motifs is 5. The molecule has 0 aliphatic heterocycles. The van der Waals surface area contributed by atoms with Gasteiger partial charge in [-0.25, -0.2) is 0 Å². The van der Waals surface area contributed by atoms with E-state index in [9.17, 15) is 9.90 Å². The Morgan fingerprint density at radius 2 is 1.72 bits per heavy atom. The van der Waals surface area contributed by atoms with Gasteiger partial charge in [0.2, 0.25) is 0 Å². The second-order valence-electron chi connectivity index (χ2n) is 12.7. The van der Waals surface area contributed by atoms with Crippen molar-refractivity contribution in [2.75, 3.05) is 14.2 Å². The second kappa shape index (κ2) is 8.56. The van der Waals surface area contributed by atoms with Crippen LogP contribution >= 0.6 is 0 Å². The Morgan fingerprint density at radius 1 is 0.969 bits per heavy atom. The minimum Gasteiger partial charge on any atom is -0.469 e. The van der Waals surface area contributed by atoms with E-state index >= 15 is 0 Å². The van der Waals surface area contributed by atoms with E-state index in [0.29, 0.717) is 17.8 Å². The number of rotatable bonds is 6. The number of methoxy groups -OCH3 is 2. The topological polar surface area (TPSA) is 55.8 Å². The molecule has 0 aromatic rings. The molecule has 0 spiro atoms. The summed E-state index contributed by atoms with van der Waals surface area (Å²) in [5, 5.41) is 11.1. The predicted molar refractivity (Wildman–Crippen MR) is 127 cm³/mol. The van der Waals surface area contributed by atoms with Crippen molar-refractivity contribution in [3.05, 3.63) is 0 Å². The zero-order valence-electron chi connectivity index (χ0n) is 21.5. The van der Waals surface area contributed by atoms with E-state index in [1.54, 1.807) is 7.11 Å². The molecule has 0 aromatic carbocycles. The van der Waals surface area contributed by atoms with Crippen LogP contribution < -0.4 is 0 Å². The fourth-order valence-corrected chi connectivity index (χ4v) is 9.79. The zero-order valence-corrected chi connectivity index (χ0v) is 21.5. The summed E-state index contributed by atoms with van der Waals surface area (Å²) >= 11 is 0. The van der Waals surface area contributed by atoms with Crippen molar-refractivity contribution in [2.24, 2.45) is 45.8 Å². The van der Waals surface area contributed by atoms with E-state index in [0.717, 1.165) is 49.4 Å². The number of ether oxygens (including phenoxy) is 2. The molecule has 4 fully saturated rings. The van der Waals surface area contributed by atoms with Crippen molar-refractivity contribution in [2.45, 2.75) is 111 Å². The third-order valence-electron chi connectivity index (χ3n) is 11.9. The first-order valence-electron chi connectivity index (χ1n) is 13.4. The molecular weight excluding hydrogens is 400 g/mol. The molecule has 4 nitrogen and oxygen atoms in total. The van der Waals surface area contributed by atoms with E-state index in [1.165, 1.54) is 52.1 Å². The molecule has 9 atom stereocenters. The SMILES string of the molecule is CC[C@H]1CC2C3CCC(CCCC(=O)OC)C3(C)CC[C@@H]2C2(C)CCC(O)(OC)CC12C. The summed E-state index contributed by atoms with van der Waals surface area (Å²) in [5.41, 5.74) is 0.853. The molecule has 0 bridgehead atoms. The van der Waals surface area contributed by atoms with Gasteiger partial charge in [-0.2, -0.15) is 0 Å². The van der Waals surface area contributed by atoms with Crippen molar-refractivity contribution in [1.29, 1.82) is 0 Å². The van der Waals surface area contributed by atoms with Crippen molar-refractivity contribution in [3.8, 4) is 0 Å². The third kappa shape index (κ3) is 3.58. The standard InChI is InChI=1S/C28H48O4/c1-7-19-17-21-22-12-11-20(9-8-10-24(29)31-5)25(22,2)14-13-23(21)26(3)15-16-28(30,32-6)18-27(19,26)4/h19-23,30H,7-18H2,1-6H3/t19-,20?,21?,22?,23-,25?,26?,27?,28?/m0/s1. The lowest BCUT2D eigenvalue weighted by Gasteiger charge is -2.68. The number of esters is 1. The molecule has 184 valence electrons. The Balaban J connectivity index is 1.56. The van der Waals surface area contributed by atoms with Gasteiger partial charge in [0.1, 0.15) is 0 Å². The zero-order chi connectivity index (χ0) is 23.4. The molecule has 7 unspecified atom stereocenters. The van der Waals surface area contributed by atoms with Crippen LogP contribution in [0.4, 0.5) is 0 Å². The predicted octanol–water partition coefficient (Wildman–Crippen LogP) is 6.35. The molecule has 4 aliphatic rings. The summed E-state index contributed by atoms with van der Waals surface area (Å²) in [5.74, 6) is 2.80. The van der Waals surface area contributed by atoms with Gasteiger partial charge in [0, 0.05) is 26.4 Å². The van der Waals surface area contributed by atoms with Crippen molar-refractivity contribution in [3.63, 3.8) is 0 Å². The summed E-state index contributed by atoms with van der Waals surface area (Å²) < 4.78 is 10.5. The van der Waals surface area contributed by atoms with Gasteiger partial charge in [-0.05, 0) is 97.2 Å². The number of carbonyl (C=O) groups is 1. The van der Waals surface area contributed by atoms with E-state index < -0.39 is 5.79 Å². The lowest BCUT2D eigenvalue weighted by atomic mass is 9.37. The van der Waals surface area contributed by atoms with E-state index in [2.05, 4.69) is 27.7 Å². The maximum absolute atomic E-state index is 11.6. The van der Waals surface area contributed by atoms with Crippen LogP contribution in [0.3, 0.4) is 0 Å². The lowest BCUT2D eigenvalue weighted by molar-refractivity contribution is -0.285. The van der Waals surface area contributed by atoms with Crippen LogP contribution in [0.5, 0.6) is 0 Å². The van der Waals surface area contributed by atoms with Gasteiger partial charge < -0.3 is 14.6 Å². The molecule has 4 heteroatoms.